The zero-order valence-electron chi connectivity index (χ0n) is 8.56. The zero-order chi connectivity index (χ0) is 9.40. The van der Waals surface area contributed by atoms with E-state index < -0.39 is 0 Å². The van der Waals surface area contributed by atoms with Crippen LogP contribution in [0.5, 0.6) is 0 Å². The van der Waals surface area contributed by atoms with E-state index in [-0.39, 0.29) is 0 Å². The smallest absolute Gasteiger partial charge is 0.00861 e. The minimum absolute atomic E-state index is 0.618. The number of unbranched alkanes of at least 4 members (excludes halogenated alkanes) is 1. The molecule has 1 heteroatoms. The molecule has 0 saturated heterocycles. The summed E-state index contributed by atoms with van der Waals surface area (Å²) in [5.41, 5.74) is 0. The molecule has 70 valence electrons. The maximum atomic E-state index is 5.18. The first-order valence-electron chi connectivity index (χ1n) is 4.89. The van der Waals surface area contributed by atoms with Crippen molar-refractivity contribution in [2.75, 3.05) is 6.54 Å². The SMILES string of the molecule is C#CCCCC(C)C(C)NCC. The van der Waals surface area contributed by atoms with Crippen LogP contribution in [0.15, 0.2) is 0 Å². The summed E-state index contributed by atoms with van der Waals surface area (Å²) >= 11 is 0. The summed E-state index contributed by atoms with van der Waals surface area (Å²) in [6, 6.07) is 0.618. The first-order chi connectivity index (χ1) is 5.72. The third kappa shape index (κ3) is 5.21. The molecule has 2 unspecified atom stereocenters. The van der Waals surface area contributed by atoms with Crippen LogP contribution >= 0.6 is 0 Å². The molecule has 1 N–H and O–H groups in total. The van der Waals surface area contributed by atoms with Crippen LogP contribution in [0, 0.1) is 18.3 Å². The fourth-order valence-corrected chi connectivity index (χ4v) is 1.30. The number of hydrogen-bond donors (Lipinski definition) is 1. The maximum Gasteiger partial charge on any atom is 0.00861 e. The molecular weight excluding hydrogens is 146 g/mol. The van der Waals surface area contributed by atoms with Crippen LogP contribution in [0.1, 0.15) is 40.0 Å². The summed E-state index contributed by atoms with van der Waals surface area (Å²) in [7, 11) is 0. The van der Waals surface area contributed by atoms with Gasteiger partial charge in [0, 0.05) is 12.5 Å². The molecule has 0 spiro atoms. The topological polar surface area (TPSA) is 12.0 Å². The van der Waals surface area contributed by atoms with E-state index in [0.29, 0.717) is 6.04 Å². The van der Waals surface area contributed by atoms with Crippen LogP contribution in [0.4, 0.5) is 0 Å². The molecule has 0 aromatic carbocycles. The van der Waals surface area contributed by atoms with Gasteiger partial charge in [-0.3, -0.25) is 0 Å². The van der Waals surface area contributed by atoms with Gasteiger partial charge >= 0.3 is 0 Å². The quantitative estimate of drug-likeness (QED) is 0.473. The van der Waals surface area contributed by atoms with Crippen LogP contribution in [-0.4, -0.2) is 12.6 Å². The maximum absolute atomic E-state index is 5.18. The average Bonchev–Trinajstić information content (AvgIpc) is 2.05. The van der Waals surface area contributed by atoms with E-state index in [9.17, 15) is 0 Å². The van der Waals surface area contributed by atoms with E-state index in [0.717, 1.165) is 25.3 Å². The number of terminal acetylenes is 1. The summed E-state index contributed by atoms with van der Waals surface area (Å²) in [5.74, 6) is 3.41. The molecule has 0 saturated carbocycles. The van der Waals surface area contributed by atoms with Crippen LogP contribution in [0.25, 0.3) is 0 Å². The van der Waals surface area contributed by atoms with Crippen molar-refractivity contribution in [3.63, 3.8) is 0 Å². The second kappa shape index (κ2) is 7.18. The predicted octanol–water partition coefficient (Wildman–Crippen LogP) is 2.42. The molecule has 2 atom stereocenters. The largest absolute Gasteiger partial charge is 0.314 e. The lowest BCUT2D eigenvalue weighted by Gasteiger charge is -2.19. The highest BCUT2D eigenvalue weighted by Crippen LogP contribution is 2.11. The van der Waals surface area contributed by atoms with Gasteiger partial charge in [0.25, 0.3) is 0 Å². The molecule has 12 heavy (non-hydrogen) atoms. The van der Waals surface area contributed by atoms with Crippen molar-refractivity contribution in [1.82, 2.24) is 5.32 Å². The van der Waals surface area contributed by atoms with Crippen molar-refractivity contribution in [3.8, 4) is 12.3 Å². The van der Waals surface area contributed by atoms with Crippen molar-refractivity contribution in [2.45, 2.75) is 46.1 Å². The molecule has 1 nitrogen and oxygen atoms in total. The summed E-state index contributed by atoms with van der Waals surface area (Å²) in [6.45, 7) is 7.72. The minimum atomic E-state index is 0.618. The molecule has 0 aromatic rings. The Hall–Kier alpha value is -0.480. The fraction of sp³-hybridized carbons (Fsp3) is 0.818. The first kappa shape index (κ1) is 11.5. The summed E-state index contributed by atoms with van der Waals surface area (Å²) < 4.78 is 0. The van der Waals surface area contributed by atoms with Gasteiger partial charge in [0.15, 0.2) is 0 Å². The molecule has 0 aliphatic heterocycles. The minimum Gasteiger partial charge on any atom is -0.314 e. The van der Waals surface area contributed by atoms with Crippen molar-refractivity contribution < 1.29 is 0 Å². The normalized spacial score (nSPS) is 15.2. The lowest BCUT2D eigenvalue weighted by molar-refractivity contribution is 0.379. The third-order valence-corrected chi connectivity index (χ3v) is 2.36. The monoisotopic (exact) mass is 167 g/mol. The molecule has 0 aliphatic rings. The molecular formula is C11H21N. The van der Waals surface area contributed by atoms with E-state index in [1.54, 1.807) is 0 Å². The Bertz CT molecular complexity index is 134. The Morgan fingerprint density at radius 1 is 1.42 bits per heavy atom. The Morgan fingerprint density at radius 3 is 2.58 bits per heavy atom. The van der Waals surface area contributed by atoms with Gasteiger partial charge in [0.2, 0.25) is 0 Å². The lowest BCUT2D eigenvalue weighted by Crippen LogP contribution is -2.31. The van der Waals surface area contributed by atoms with Crippen molar-refractivity contribution >= 4 is 0 Å². The predicted molar refractivity (Wildman–Crippen MR) is 55.0 cm³/mol. The Balaban J connectivity index is 3.43. The van der Waals surface area contributed by atoms with E-state index in [1.165, 1.54) is 6.42 Å². The van der Waals surface area contributed by atoms with Crippen LogP contribution in [0.2, 0.25) is 0 Å². The van der Waals surface area contributed by atoms with Gasteiger partial charge in [0.05, 0.1) is 0 Å². The number of rotatable bonds is 6. The average molecular weight is 167 g/mol. The molecule has 0 fully saturated rings. The van der Waals surface area contributed by atoms with E-state index in [1.807, 2.05) is 0 Å². The van der Waals surface area contributed by atoms with Gasteiger partial charge in [-0.1, -0.05) is 13.8 Å². The van der Waals surface area contributed by atoms with Crippen LogP contribution in [0.3, 0.4) is 0 Å². The second-order valence-corrected chi connectivity index (χ2v) is 3.42. The van der Waals surface area contributed by atoms with E-state index in [4.69, 9.17) is 6.42 Å². The zero-order valence-corrected chi connectivity index (χ0v) is 8.56. The summed E-state index contributed by atoms with van der Waals surface area (Å²) in [5, 5.41) is 3.42. The van der Waals surface area contributed by atoms with Gasteiger partial charge < -0.3 is 5.32 Å². The number of nitrogens with one attached hydrogen (secondary N) is 1. The standard InChI is InChI=1S/C11H21N/c1-5-7-8-9-10(3)11(4)12-6-2/h1,10-12H,6-9H2,2-4H3. The molecule has 0 amide bonds. The fourth-order valence-electron chi connectivity index (χ4n) is 1.30. The highest BCUT2D eigenvalue weighted by Gasteiger charge is 2.09. The van der Waals surface area contributed by atoms with Gasteiger partial charge in [-0.15, -0.1) is 12.3 Å². The Morgan fingerprint density at radius 2 is 2.08 bits per heavy atom. The van der Waals surface area contributed by atoms with Gasteiger partial charge in [0.1, 0.15) is 0 Å². The molecule has 0 bridgehead atoms. The second-order valence-electron chi connectivity index (χ2n) is 3.42. The van der Waals surface area contributed by atoms with Crippen molar-refractivity contribution in [2.24, 2.45) is 5.92 Å². The number of hydrogen-bond acceptors (Lipinski definition) is 1. The van der Waals surface area contributed by atoms with Gasteiger partial charge in [-0.05, 0) is 32.2 Å². The summed E-state index contributed by atoms with van der Waals surface area (Å²) in [6.07, 6.45) is 8.50. The summed E-state index contributed by atoms with van der Waals surface area (Å²) in [4.78, 5) is 0. The van der Waals surface area contributed by atoms with Crippen LogP contribution in [-0.2, 0) is 0 Å². The Kier molecular flexibility index (Phi) is 6.90. The molecule has 0 aromatic heterocycles. The van der Waals surface area contributed by atoms with Gasteiger partial charge in [-0.25, -0.2) is 0 Å². The molecule has 0 aliphatic carbocycles. The van der Waals surface area contributed by atoms with Gasteiger partial charge in [-0.2, -0.15) is 0 Å². The van der Waals surface area contributed by atoms with Crippen LogP contribution < -0.4 is 5.32 Å². The van der Waals surface area contributed by atoms with Crippen molar-refractivity contribution in [3.05, 3.63) is 0 Å². The molecule has 0 heterocycles. The molecule has 0 radical (unpaired) electrons. The van der Waals surface area contributed by atoms with E-state index >= 15 is 0 Å². The first-order valence-corrected chi connectivity index (χ1v) is 4.89. The highest BCUT2D eigenvalue weighted by molar-refractivity contribution is 4.83. The van der Waals surface area contributed by atoms with Crippen molar-refractivity contribution in [1.29, 1.82) is 0 Å². The lowest BCUT2D eigenvalue weighted by atomic mass is 9.97. The Labute approximate surface area is 76.9 Å². The van der Waals surface area contributed by atoms with E-state index in [2.05, 4.69) is 32.0 Å². The molecule has 0 rings (SSSR count). The third-order valence-electron chi connectivity index (χ3n) is 2.36. The highest BCUT2D eigenvalue weighted by atomic mass is 14.9.